The smallest absolute Gasteiger partial charge is 0.119 e. The van der Waals surface area contributed by atoms with Crippen LogP contribution in [0.3, 0.4) is 0 Å². The van der Waals surface area contributed by atoms with E-state index in [-0.39, 0.29) is 6.04 Å². The van der Waals surface area contributed by atoms with Gasteiger partial charge in [0.25, 0.3) is 0 Å². The van der Waals surface area contributed by atoms with E-state index in [1.165, 1.54) is 5.56 Å². The molecule has 0 radical (unpaired) electrons. The molecule has 0 aliphatic carbocycles. The second-order valence-electron chi connectivity index (χ2n) is 4.75. The third kappa shape index (κ3) is 5.07. The summed E-state index contributed by atoms with van der Waals surface area (Å²) in [5.74, 6) is 1.38. The summed E-state index contributed by atoms with van der Waals surface area (Å²) in [7, 11) is 1.72. The summed E-state index contributed by atoms with van der Waals surface area (Å²) in [4.78, 5) is 0. The molecular formula is C15H25NO2. The zero-order valence-electron chi connectivity index (χ0n) is 11.7. The van der Waals surface area contributed by atoms with Crippen molar-refractivity contribution in [1.82, 2.24) is 0 Å². The van der Waals surface area contributed by atoms with Crippen molar-refractivity contribution in [2.24, 2.45) is 11.7 Å². The van der Waals surface area contributed by atoms with Crippen molar-refractivity contribution in [3.8, 4) is 5.75 Å². The molecule has 3 nitrogen and oxygen atoms in total. The van der Waals surface area contributed by atoms with Gasteiger partial charge in [-0.2, -0.15) is 0 Å². The highest BCUT2D eigenvalue weighted by Gasteiger charge is 2.11. The van der Waals surface area contributed by atoms with Gasteiger partial charge < -0.3 is 15.2 Å². The maximum absolute atomic E-state index is 6.03. The first-order chi connectivity index (χ1) is 8.67. The van der Waals surface area contributed by atoms with Gasteiger partial charge in [-0.15, -0.1) is 0 Å². The second kappa shape index (κ2) is 8.11. The van der Waals surface area contributed by atoms with Crippen LogP contribution in [-0.4, -0.2) is 26.4 Å². The summed E-state index contributed by atoms with van der Waals surface area (Å²) in [5.41, 5.74) is 7.29. The van der Waals surface area contributed by atoms with E-state index in [0.717, 1.165) is 25.2 Å². The molecule has 0 fully saturated rings. The number of ether oxygens (including phenoxy) is 2. The second-order valence-corrected chi connectivity index (χ2v) is 4.75. The Hall–Kier alpha value is -1.06. The molecule has 2 N–H and O–H groups in total. The first kappa shape index (κ1) is 15.0. The summed E-state index contributed by atoms with van der Waals surface area (Å²) in [5, 5.41) is 0. The third-order valence-corrected chi connectivity index (χ3v) is 3.34. The first-order valence-electron chi connectivity index (χ1n) is 6.63. The Bertz CT molecular complexity index is 324. The van der Waals surface area contributed by atoms with Crippen molar-refractivity contribution in [2.75, 3.05) is 20.3 Å². The van der Waals surface area contributed by atoms with Crippen LogP contribution in [0.25, 0.3) is 0 Å². The van der Waals surface area contributed by atoms with Crippen molar-refractivity contribution in [3.63, 3.8) is 0 Å². The van der Waals surface area contributed by atoms with Gasteiger partial charge in [-0.3, -0.25) is 0 Å². The number of hydrogen-bond acceptors (Lipinski definition) is 3. The van der Waals surface area contributed by atoms with E-state index in [1.54, 1.807) is 7.11 Å². The van der Waals surface area contributed by atoms with Gasteiger partial charge in [0, 0.05) is 13.2 Å². The highest BCUT2D eigenvalue weighted by Crippen LogP contribution is 2.14. The molecule has 2 unspecified atom stereocenters. The Balaban J connectivity index is 2.39. The maximum atomic E-state index is 6.03. The lowest BCUT2D eigenvalue weighted by atomic mass is 10.0. The van der Waals surface area contributed by atoms with Gasteiger partial charge in [0.2, 0.25) is 0 Å². The normalized spacial score (nSPS) is 14.2. The van der Waals surface area contributed by atoms with Crippen molar-refractivity contribution < 1.29 is 9.47 Å². The van der Waals surface area contributed by atoms with Crippen molar-refractivity contribution in [1.29, 1.82) is 0 Å². The Labute approximate surface area is 110 Å². The summed E-state index contributed by atoms with van der Waals surface area (Å²) in [6.45, 7) is 5.63. The lowest BCUT2D eigenvalue weighted by molar-refractivity contribution is 0.202. The SMILES string of the molecule is CCC(C)C(N)COc1ccc(CCOC)cc1. The maximum Gasteiger partial charge on any atom is 0.119 e. The highest BCUT2D eigenvalue weighted by atomic mass is 16.5. The Morgan fingerprint density at radius 2 is 1.89 bits per heavy atom. The van der Waals surface area contributed by atoms with E-state index < -0.39 is 0 Å². The molecule has 0 bridgehead atoms. The summed E-state index contributed by atoms with van der Waals surface area (Å²) >= 11 is 0. The fraction of sp³-hybridized carbons (Fsp3) is 0.600. The van der Waals surface area contributed by atoms with Gasteiger partial charge in [-0.1, -0.05) is 32.4 Å². The molecule has 0 heterocycles. The third-order valence-electron chi connectivity index (χ3n) is 3.34. The van der Waals surface area contributed by atoms with Crippen LogP contribution < -0.4 is 10.5 Å². The monoisotopic (exact) mass is 251 g/mol. The number of nitrogens with two attached hydrogens (primary N) is 1. The average Bonchev–Trinajstić information content (AvgIpc) is 2.42. The van der Waals surface area contributed by atoms with Gasteiger partial charge in [-0.25, -0.2) is 0 Å². The Morgan fingerprint density at radius 3 is 2.44 bits per heavy atom. The predicted molar refractivity (Wildman–Crippen MR) is 74.9 cm³/mol. The molecule has 102 valence electrons. The van der Waals surface area contributed by atoms with Crippen molar-refractivity contribution in [3.05, 3.63) is 29.8 Å². The Morgan fingerprint density at radius 1 is 1.22 bits per heavy atom. The fourth-order valence-electron chi connectivity index (χ4n) is 1.63. The van der Waals surface area contributed by atoms with Crippen LogP contribution in [0.5, 0.6) is 5.75 Å². The number of hydrogen-bond donors (Lipinski definition) is 1. The zero-order valence-corrected chi connectivity index (χ0v) is 11.7. The molecule has 0 aromatic heterocycles. The quantitative estimate of drug-likeness (QED) is 0.772. The molecule has 1 rings (SSSR count). The Kier molecular flexibility index (Phi) is 6.76. The summed E-state index contributed by atoms with van der Waals surface area (Å²) < 4.78 is 10.7. The molecule has 1 aromatic rings. The van der Waals surface area contributed by atoms with Crippen LogP contribution in [0.15, 0.2) is 24.3 Å². The van der Waals surface area contributed by atoms with Gasteiger partial charge in [0.05, 0.1) is 6.61 Å². The lowest BCUT2D eigenvalue weighted by Crippen LogP contribution is -2.34. The van der Waals surface area contributed by atoms with E-state index in [2.05, 4.69) is 26.0 Å². The van der Waals surface area contributed by atoms with Gasteiger partial charge in [-0.05, 0) is 30.0 Å². The summed E-state index contributed by atoms with van der Waals surface area (Å²) in [6.07, 6.45) is 2.02. The largest absolute Gasteiger partial charge is 0.492 e. The molecular weight excluding hydrogens is 226 g/mol. The van der Waals surface area contributed by atoms with E-state index in [4.69, 9.17) is 15.2 Å². The predicted octanol–water partition coefficient (Wildman–Crippen LogP) is 2.63. The van der Waals surface area contributed by atoms with Gasteiger partial charge >= 0.3 is 0 Å². The molecule has 18 heavy (non-hydrogen) atoms. The van der Waals surface area contributed by atoms with E-state index in [1.807, 2.05) is 12.1 Å². The molecule has 0 saturated carbocycles. The van der Waals surface area contributed by atoms with E-state index in [0.29, 0.717) is 12.5 Å². The van der Waals surface area contributed by atoms with Crippen molar-refractivity contribution in [2.45, 2.75) is 32.7 Å². The summed E-state index contributed by atoms with van der Waals surface area (Å²) in [6, 6.07) is 8.23. The van der Waals surface area contributed by atoms with Gasteiger partial charge in [0.1, 0.15) is 12.4 Å². The van der Waals surface area contributed by atoms with E-state index >= 15 is 0 Å². The van der Waals surface area contributed by atoms with Crippen LogP contribution in [-0.2, 0) is 11.2 Å². The van der Waals surface area contributed by atoms with Crippen LogP contribution in [0.1, 0.15) is 25.8 Å². The highest BCUT2D eigenvalue weighted by molar-refractivity contribution is 5.27. The molecule has 3 heteroatoms. The fourth-order valence-corrected chi connectivity index (χ4v) is 1.63. The van der Waals surface area contributed by atoms with Crippen LogP contribution in [0.4, 0.5) is 0 Å². The molecule has 2 atom stereocenters. The molecule has 0 aliphatic rings. The van der Waals surface area contributed by atoms with Gasteiger partial charge in [0.15, 0.2) is 0 Å². The topological polar surface area (TPSA) is 44.5 Å². The minimum Gasteiger partial charge on any atom is -0.492 e. The molecule has 0 aliphatic heterocycles. The molecule has 0 saturated heterocycles. The molecule has 0 spiro atoms. The molecule has 0 amide bonds. The molecule has 1 aromatic carbocycles. The van der Waals surface area contributed by atoms with Crippen LogP contribution >= 0.6 is 0 Å². The van der Waals surface area contributed by atoms with Crippen molar-refractivity contribution >= 4 is 0 Å². The van der Waals surface area contributed by atoms with E-state index in [9.17, 15) is 0 Å². The minimum atomic E-state index is 0.100. The number of rotatable bonds is 8. The lowest BCUT2D eigenvalue weighted by Gasteiger charge is -2.18. The zero-order chi connectivity index (χ0) is 13.4. The van der Waals surface area contributed by atoms with Crippen LogP contribution in [0.2, 0.25) is 0 Å². The standard InChI is InChI=1S/C15H25NO2/c1-4-12(2)15(16)11-18-14-7-5-13(6-8-14)9-10-17-3/h5-8,12,15H,4,9-11,16H2,1-3H3. The first-order valence-corrected chi connectivity index (χ1v) is 6.63. The average molecular weight is 251 g/mol. The minimum absolute atomic E-state index is 0.100. The van der Waals surface area contributed by atoms with Crippen LogP contribution in [0, 0.1) is 5.92 Å². The number of methoxy groups -OCH3 is 1. The number of benzene rings is 1.